The maximum absolute atomic E-state index is 12.5. The Bertz CT molecular complexity index is 1150. The van der Waals surface area contributed by atoms with Crippen LogP contribution in [0.25, 0.3) is 11.0 Å². The van der Waals surface area contributed by atoms with Crippen LogP contribution in [0.3, 0.4) is 0 Å². The molecule has 0 fully saturated rings. The molecule has 1 aromatic heterocycles. The molecule has 2 aromatic carbocycles. The van der Waals surface area contributed by atoms with E-state index in [1.807, 2.05) is 20.8 Å². The molecule has 0 saturated carbocycles. The average Bonchev–Trinajstić information content (AvgIpc) is 2.72. The van der Waals surface area contributed by atoms with Crippen LogP contribution in [-0.4, -0.2) is 24.6 Å². The zero-order valence-corrected chi connectivity index (χ0v) is 17.9. The van der Waals surface area contributed by atoms with E-state index < -0.39 is 17.7 Å². The van der Waals surface area contributed by atoms with Crippen molar-refractivity contribution in [2.75, 3.05) is 11.9 Å². The number of hydrogen-bond donors (Lipinski definition) is 1. The number of ether oxygens (including phenoxy) is 2. The monoisotopic (exact) mass is 423 g/mol. The maximum atomic E-state index is 12.5. The highest BCUT2D eigenvalue weighted by Gasteiger charge is 2.16. The van der Waals surface area contributed by atoms with Gasteiger partial charge in [-0.2, -0.15) is 0 Å². The molecule has 0 radical (unpaired) electrons. The smallest absolute Gasteiger partial charge is 0.338 e. The van der Waals surface area contributed by atoms with Gasteiger partial charge >= 0.3 is 11.6 Å². The standard InChI is InChI=1S/C24H25NO6/c1-14(2)13-29-24(28)17-5-7-18(8-6-17)25-23(27)16(4)30-19-9-10-20-15(3)11-22(26)31-21(20)12-19/h5-12,14,16H,13H2,1-4H3,(H,25,27). The third-order valence-electron chi connectivity index (χ3n) is 4.54. The SMILES string of the molecule is Cc1cc(=O)oc2cc(OC(C)C(=O)Nc3ccc(C(=O)OCC(C)C)cc3)ccc12. The molecular formula is C24H25NO6. The van der Waals surface area contributed by atoms with Gasteiger partial charge in [-0.25, -0.2) is 9.59 Å². The van der Waals surface area contributed by atoms with Crippen molar-refractivity contribution in [2.45, 2.75) is 33.8 Å². The summed E-state index contributed by atoms with van der Waals surface area (Å²) >= 11 is 0. The normalized spacial score (nSPS) is 11.9. The Hall–Kier alpha value is -3.61. The highest BCUT2D eigenvalue weighted by atomic mass is 16.5. The highest BCUT2D eigenvalue weighted by molar-refractivity contribution is 5.95. The van der Waals surface area contributed by atoms with Crippen molar-refractivity contribution in [2.24, 2.45) is 5.92 Å². The Morgan fingerprint density at radius 1 is 1.03 bits per heavy atom. The first-order chi connectivity index (χ1) is 14.7. The third kappa shape index (κ3) is 5.72. The molecule has 1 unspecified atom stereocenters. The van der Waals surface area contributed by atoms with Gasteiger partial charge in [-0.3, -0.25) is 4.79 Å². The molecule has 1 heterocycles. The molecule has 0 aliphatic carbocycles. The number of rotatable bonds is 7. The van der Waals surface area contributed by atoms with E-state index >= 15 is 0 Å². The van der Waals surface area contributed by atoms with Crippen LogP contribution in [0.15, 0.2) is 57.7 Å². The number of carbonyl (C=O) groups is 2. The summed E-state index contributed by atoms with van der Waals surface area (Å²) in [6.07, 6.45) is -0.801. The number of carbonyl (C=O) groups excluding carboxylic acids is 2. The molecule has 162 valence electrons. The van der Waals surface area contributed by atoms with Crippen molar-refractivity contribution in [3.05, 3.63) is 70.1 Å². The minimum absolute atomic E-state index is 0.256. The second-order valence-corrected chi connectivity index (χ2v) is 7.73. The van der Waals surface area contributed by atoms with Crippen LogP contribution in [0, 0.1) is 12.8 Å². The fraction of sp³-hybridized carbons (Fsp3) is 0.292. The van der Waals surface area contributed by atoms with Gasteiger partial charge in [0.15, 0.2) is 6.10 Å². The molecular weight excluding hydrogens is 398 g/mol. The van der Waals surface area contributed by atoms with Gasteiger partial charge in [0, 0.05) is 23.2 Å². The number of benzene rings is 2. The van der Waals surface area contributed by atoms with Gasteiger partial charge in [0.25, 0.3) is 5.91 Å². The minimum atomic E-state index is -0.801. The molecule has 1 atom stereocenters. The third-order valence-corrected chi connectivity index (χ3v) is 4.54. The summed E-state index contributed by atoms with van der Waals surface area (Å²) in [5.74, 6) is -0.0961. The van der Waals surface area contributed by atoms with E-state index in [1.54, 1.807) is 49.4 Å². The lowest BCUT2D eigenvalue weighted by Gasteiger charge is -2.15. The minimum Gasteiger partial charge on any atom is -0.481 e. The Morgan fingerprint density at radius 2 is 1.74 bits per heavy atom. The van der Waals surface area contributed by atoms with E-state index in [4.69, 9.17) is 13.9 Å². The molecule has 0 aliphatic rings. The molecule has 7 heteroatoms. The molecule has 1 N–H and O–H groups in total. The van der Waals surface area contributed by atoms with Crippen LogP contribution >= 0.6 is 0 Å². The lowest BCUT2D eigenvalue weighted by Crippen LogP contribution is -2.30. The lowest BCUT2D eigenvalue weighted by molar-refractivity contribution is -0.122. The zero-order valence-electron chi connectivity index (χ0n) is 17.9. The summed E-state index contributed by atoms with van der Waals surface area (Å²) < 4.78 is 16.1. The van der Waals surface area contributed by atoms with E-state index in [0.717, 1.165) is 10.9 Å². The fourth-order valence-electron chi connectivity index (χ4n) is 2.90. The molecule has 0 saturated heterocycles. The second-order valence-electron chi connectivity index (χ2n) is 7.73. The Balaban J connectivity index is 1.62. The largest absolute Gasteiger partial charge is 0.481 e. The predicted octanol–water partition coefficient (Wildman–Crippen LogP) is 4.32. The van der Waals surface area contributed by atoms with Crippen LogP contribution in [0.5, 0.6) is 5.75 Å². The van der Waals surface area contributed by atoms with Crippen LogP contribution in [0.2, 0.25) is 0 Å². The van der Waals surface area contributed by atoms with Crippen molar-refractivity contribution in [3.63, 3.8) is 0 Å². The number of anilines is 1. The number of aryl methyl sites for hydroxylation is 1. The van der Waals surface area contributed by atoms with Crippen molar-refractivity contribution >= 4 is 28.5 Å². The summed E-state index contributed by atoms with van der Waals surface area (Å²) in [5.41, 5.74) is 1.71. The number of esters is 1. The van der Waals surface area contributed by atoms with Crippen molar-refractivity contribution < 1.29 is 23.5 Å². The average molecular weight is 423 g/mol. The Kier molecular flexibility index (Phi) is 6.74. The van der Waals surface area contributed by atoms with Crippen molar-refractivity contribution in [1.82, 2.24) is 0 Å². The lowest BCUT2D eigenvalue weighted by atomic mass is 10.1. The van der Waals surface area contributed by atoms with Gasteiger partial charge in [0.05, 0.1) is 12.2 Å². The van der Waals surface area contributed by atoms with E-state index in [9.17, 15) is 14.4 Å². The molecule has 3 rings (SSSR count). The van der Waals surface area contributed by atoms with E-state index in [1.165, 1.54) is 6.07 Å². The van der Waals surface area contributed by atoms with E-state index in [0.29, 0.717) is 29.2 Å². The van der Waals surface area contributed by atoms with Crippen LogP contribution in [0.4, 0.5) is 5.69 Å². The summed E-state index contributed by atoms with van der Waals surface area (Å²) in [4.78, 5) is 36.0. The maximum Gasteiger partial charge on any atom is 0.338 e. The quantitative estimate of drug-likeness (QED) is 0.449. The molecule has 0 aliphatic heterocycles. The first kappa shape index (κ1) is 22.1. The fourth-order valence-corrected chi connectivity index (χ4v) is 2.90. The topological polar surface area (TPSA) is 94.8 Å². The summed E-state index contributed by atoms with van der Waals surface area (Å²) in [7, 11) is 0. The zero-order chi connectivity index (χ0) is 22.5. The van der Waals surface area contributed by atoms with Gasteiger partial charge in [-0.1, -0.05) is 13.8 Å². The first-order valence-electron chi connectivity index (χ1n) is 10.0. The van der Waals surface area contributed by atoms with Gasteiger partial charge < -0.3 is 19.2 Å². The van der Waals surface area contributed by atoms with Crippen molar-refractivity contribution in [1.29, 1.82) is 0 Å². The number of nitrogens with one attached hydrogen (secondary N) is 1. The number of amides is 1. The summed E-state index contributed by atoms with van der Waals surface area (Å²) in [6.45, 7) is 7.71. The molecule has 7 nitrogen and oxygen atoms in total. The molecule has 31 heavy (non-hydrogen) atoms. The van der Waals surface area contributed by atoms with Crippen LogP contribution in [0.1, 0.15) is 36.7 Å². The molecule has 1 amide bonds. The highest BCUT2D eigenvalue weighted by Crippen LogP contribution is 2.23. The van der Waals surface area contributed by atoms with Crippen molar-refractivity contribution in [3.8, 4) is 5.75 Å². The van der Waals surface area contributed by atoms with Crippen LogP contribution in [-0.2, 0) is 9.53 Å². The number of fused-ring (bicyclic) bond motifs is 1. The summed E-state index contributed by atoms with van der Waals surface area (Å²) in [6, 6.07) is 13.0. The second kappa shape index (κ2) is 9.47. The number of hydrogen-bond acceptors (Lipinski definition) is 6. The molecule has 0 bridgehead atoms. The van der Waals surface area contributed by atoms with Gasteiger partial charge in [-0.15, -0.1) is 0 Å². The summed E-state index contributed by atoms with van der Waals surface area (Å²) in [5, 5.41) is 3.55. The predicted molar refractivity (Wildman–Crippen MR) is 118 cm³/mol. The Morgan fingerprint density at radius 3 is 2.42 bits per heavy atom. The van der Waals surface area contributed by atoms with E-state index in [-0.39, 0.29) is 11.8 Å². The Labute approximate surface area is 180 Å². The van der Waals surface area contributed by atoms with Gasteiger partial charge in [-0.05, 0) is 61.7 Å². The van der Waals surface area contributed by atoms with Gasteiger partial charge in [0.2, 0.25) is 0 Å². The van der Waals surface area contributed by atoms with Gasteiger partial charge in [0.1, 0.15) is 11.3 Å². The first-order valence-corrected chi connectivity index (χ1v) is 10.0. The molecule has 3 aromatic rings. The van der Waals surface area contributed by atoms with Crippen LogP contribution < -0.4 is 15.7 Å². The van der Waals surface area contributed by atoms with E-state index in [2.05, 4.69) is 5.32 Å². The molecule has 0 spiro atoms.